The van der Waals surface area contributed by atoms with Crippen molar-refractivity contribution < 1.29 is 23.9 Å². The fourth-order valence-electron chi connectivity index (χ4n) is 10.1. The quantitative estimate of drug-likeness (QED) is 0.152. The van der Waals surface area contributed by atoms with E-state index < -0.39 is 12.1 Å². The van der Waals surface area contributed by atoms with Crippen LogP contribution in [0.15, 0.2) is 67.1 Å². The summed E-state index contributed by atoms with van der Waals surface area (Å²) in [6, 6.07) is 15.6. The van der Waals surface area contributed by atoms with Crippen molar-refractivity contribution in [3.63, 3.8) is 0 Å². The first-order valence-electron chi connectivity index (χ1n) is 23.0. The Hall–Kier alpha value is -6.30. The van der Waals surface area contributed by atoms with Crippen LogP contribution in [0.1, 0.15) is 62.2 Å². The number of fused-ring (bicyclic) bond motifs is 2. The van der Waals surface area contributed by atoms with E-state index in [0.29, 0.717) is 98.3 Å². The second-order valence-corrected chi connectivity index (χ2v) is 18.8. The number of halogens is 2. The van der Waals surface area contributed by atoms with Gasteiger partial charge in [0.15, 0.2) is 5.82 Å². The monoisotopic (exact) mass is 946 g/mol. The van der Waals surface area contributed by atoms with Gasteiger partial charge in [-0.3, -0.25) is 44.3 Å². The van der Waals surface area contributed by atoms with Crippen molar-refractivity contribution >= 4 is 80.4 Å². The molecule has 2 N–H and O–H groups in total. The van der Waals surface area contributed by atoms with Crippen LogP contribution in [0.25, 0.3) is 33.1 Å². The van der Waals surface area contributed by atoms with Crippen LogP contribution in [0, 0.1) is 5.92 Å². The van der Waals surface area contributed by atoms with E-state index in [1.807, 2.05) is 66.4 Å². The lowest BCUT2D eigenvalue weighted by atomic mass is 9.89. The topological polar surface area (TPSA) is 178 Å². The van der Waals surface area contributed by atoms with Crippen molar-refractivity contribution in [3.05, 3.63) is 88.3 Å². The molecule has 4 saturated heterocycles. The van der Waals surface area contributed by atoms with E-state index in [4.69, 9.17) is 32.9 Å². The van der Waals surface area contributed by atoms with Crippen LogP contribution in [0.5, 0.6) is 5.75 Å². The number of amides is 5. The van der Waals surface area contributed by atoms with Crippen molar-refractivity contribution in [1.29, 1.82) is 0 Å². The van der Waals surface area contributed by atoms with Crippen molar-refractivity contribution in [2.45, 2.75) is 51.0 Å². The average molecular weight is 948 g/mol. The number of benzene rings is 2. The number of nitrogens with zero attached hydrogens (tertiary/aromatic N) is 10. The molecule has 6 aromatic rings. The Morgan fingerprint density at radius 2 is 1.60 bits per heavy atom. The number of nitrogens with one attached hydrogen (secondary N) is 2. The van der Waals surface area contributed by atoms with E-state index in [1.54, 1.807) is 17.1 Å². The molecule has 0 spiro atoms. The van der Waals surface area contributed by atoms with Crippen molar-refractivity contribution in [2.75, 3.05) is 75.2 Å². The van der Waals surface area contributed by atoms with Crippen molar-refractivity contribution in [1.82, 2.24) is 50.0 Å². The maximum atomic E-state index is 13.7. The first-order valence-corrected chi connectivity index (χ1v) is 23.7. The Kier molecular flexibility index (Phi) is 12.5. The van der Waals surface area contributed by atoms with Crippen LogP contribution in [0.3, 0.4) is 0 Å². The fourth-order valence-corrected chi connectivity index (χ4v) is 10.7. The molecule has 19 heteroatoms. The summed E-state index contributed by atoms with van der Waals surface area (Å²) in [5, 5.41) is 17.4. The number of piperazine rings is 1. The van der Waals surface area contributed by atoms with Crippen LogP contribution in [-0.4, -0.2) is 134 Å². The molecular weight excluding hydrogens is 896 g/mol. The zero-order valence-corrected chi connectivity index (χ0v) is 39.0. The molecule has 4 aliphatic rings. The number of ether oxygens (including phenoxy) is 1. The zero-order chi connectivity index (χ0) is 46.3. The Morgan fingerprint density at radius 1 is 0.836 bits per heavy atom. The van der Waals surface area contributed by atoms with Crippen LogP contribution in [0.2, 0.25) is 10.0 Å². The van der Waals surface area contributed by atoms with E-state index in [9.17, 15) is 19.2 Å². The average Bonchev–Trinajstić information content (AvgIpc) is 3.91. The number of carbonyl (C=O) groups excluding carboxylic acids is 4. The van der Waals surface area contributed by atoms with E-state index in [1.165, 1.54) is 10.5 Å². The van der Waals surface area contributed by atoms with Gasteiger partial charge in [-0.05, 0) is 99.6 Å². The minimum Gasteiger partial charge on any atom is -0.486 e. The van der Waals surface area contributed by atoms with E-state index >= 15 is 0 Å². The number of aromatic amines is 1. The molecular formula is C48H52Cl2N12O5. The molecule has 8 heterocycles. The van der Waals surface area contributed by atoms with Crippen LogP contribution in [-0.2, 0) is 21.4 Å². The Labute approximate surface area is 397 Å². The highest BCUT2D eigenvalue weighted by Crippen LogP contribution is 2.37. The van der Waals surface area contributed by atoms with Crippen LogP contribution >= 0.6 is 23.2 Å². The maximum absolute atomic E-state index is 13.7. The number of rotatable bonds is 10. The van der Waals surface area contributed by atoms with Gasteiger partial charge in [-0.1, -0.05) is 29.3 Å². The third kappa shape index (κ3) is 9.11. The second-order valence-electron chi connectivity index (χ2n) is 18.0. The SMILES string of the molecule is C[C@@H](Oc1ccc2[nH]nc(-c3ccc(N4CCN(C(=O)C5CCN(C(=O)CN6CCC(c7ccc8c(N9CCC(=O)NC9=O)nn(C)c8c7)CC6)CC5)CC4)nc3)c2c1)c1c(Cl)cncc1Cl. The molecule has 5 amide bonds. The molecule has 348 valence electrons. The van der Waals surface area contributed by atoms with Gasteiger partial charge < -0.3 is 19.4 Å². The number of aromatic nitrogens is 6. The summed E-state index contributed by atoms with van der Waals surface area (Å²) < 4.78 is 8.04. The minimum atomic E-state index is -0.444. The molecule has 4 aliphatic heterocycles. The van der Waals surface area contributed by atoms with Gasteiger partial charge in [-0.25, -0.2) is 9.78 Å². The Balaban J connectivity index is 0.669. The van der Waals surface area contributed by atoms with Crippen molar-refractivity contribution in [3.8, 4) is 17.0 Å². The molecule has 2 aromatic carbocycles. The number of imide groups is 1. The summed E-state index contributed by atoms with van der Waals surface area (Å²) in [4.78, 5) is 70.1. The van der Waals surface area contributed by atoms with Gasteiger partial charge in [0, 0.05) is 106 Å². The summed E-state index contributed by atoms with van der Waals surface area (Å²) in [6.07, 6.45) is 8.01. The van der Waals surface area contributed by atoms with Gasteiger partial charge in [0.2, 0.25) is 17.7 Å². The number of likely N-dealkylation sites (tertiary alicyclic amines) is 2. The highest BCUT2D eigenvalue weighted by atomic mass is 35.5. The van der Waals surface area contributed by atoms with Crippen LogP contribution in [0.4, 0.5) is 16.4 Å². The standard InChI is InChI=1S/C48H52Cl2N12O5/c1-29(44-37(49)26-51-27-38(44)50)67-34-5-7-39-36(24-34)45(55-54-39)33-4-8-41(52-25-33)59-19-21-61(22-20-59)47(65)31-11-16-60(17-12-31)43(64)28-58-14-9-30(10-15-58)32-3-6-35-40(23-32)57(2)56-46(35)62-18-13-42(63)53-48(62)66/h3-8,23-27,29-31H,9-22,28H2,1-2H3,(H,54,55)(H,53,63,66)/t29-/m1/s1. The zero-order valence-electron chi connectivity index (χ0n) is 37.5. The molecule has 17 nitrogen and oxygen atoms in total. The summed E-state index contributed by atoms with van der Waals surface area (Å²) in [7, 11) is 1.87. The molecule has 0 bridgehead atoms. The lowest BCUT2D eigenvalue weighted by molar-refractivity contribution is -0.141. The van der Waals surface area contributed by atoms with Crippen molar-refractivity contribution in [2.24, 2.45) is 13.0 Å². The highest BCUT2D eigenvalue weighted by molar-refractivity contribution is 6.35. The highest BCUT2D eigenvalue weighted by Gasteiger charge is 2.34. The predicted molar refractivity (Wildman–Crippen MR) is 255 cm³/mol. The second kappa shape index (κ2) is 18.8. The molecule has 4 fully saturated rings. The Bertz CT molecular complexity index is 2830. The van der Waals surface area contributed by atoms with Gasteiger partial charge in [-0.15, -0.1) is 0 Å². The lowest BCUT2D eigenvalue weighted by Crippen LogP contribution is -2.52. The number of hydrogen-bond donors (Lipinski definition) is 2. The molecule has 1 atom stereocenters. The maximum Gasteiger partial charge on any atom is 0.329 e. The normalized spacial score (nSPS) is 18.5. The smallest absolute Gasteiger partial charge is 0.329 e. The third-order valence-corrected chi connectivity index (χ3v) is 14.5. The fraction of sp³-hybridized carbons (Fsp3) is 0.417. The Morgan fingerprint density at radius 3 is 2.31 bits per heavy atom. The van der Waals surface area contributed by atoms with Gasteiger partial charge >= 0.3 is 6.03 Å². The first kappa shape index (κ1) is 44.5. The number of hydrogen-bond acceptors (Lipinski definition) is 11. The van der Waals surface area contributed by atoms with Gasteiger partial charge in [-0.2, -0.15) is 10.2 Å². The number of piperidine rings is 2. The van der Waals surface area contributed by atoms with Gasteiger partial charge in [0.25, 0.3) is 0 Å². The number of H-pyrrole nitrogens is 1. The first-order chi connectivity index (χ1) is 32.5. The van der Waals surface area contributed by atoms with Crippen LogP contribution < -0.4 is 19.9 Å². The van der Waals surface area contributed by atoms with Gasteiger partial charge in [0.05, 0.1) is 27.6 Å². The minimum absolute atomic E-state index is 0.0816. The number of urea groups is 1. The van der Waals surface area contributed by atoms with E-state index in [-0.39, 0.29) is 30.1 Å². The molecule has 10 rings (SSSR count). The molecule has 0 radical (unpaired) electrons. The number of pyridine rings is 2. The summed E-state index contributed by atoms with van der Waals surface area (Å²) in [5.41, 5.74) is 5.33. The number of aryl methyl sites for hydroxylation is 1. The lowest BCUT2D eigenvalue weighted by Gasteiger charge is -2.39. The largest absolute Gasteiger partial charge is 0.486 e. The summed E-state index contributed by atoms with van der Waals surface area (Å²) in [6.45, 7) is 8.04. The van der Waals surface area contributed by atoms with E-state index in [2.05, 4.69) is 47.5 Å². The molecule has 0 aliphatic carbocycles. The molecule has 4 aromatic heterocycles. The summed E-state index contributed by atoms with van der Waals surface area (Å²) >= 11 is 12.8. The third-order valence-electron chi connectivity index (χ3n) is 13.9. The predicted octanol–water partition coefficient (Wildman–Crippen LogP) is 6.57. The molecule has 67 heavy (non-hydrogen) atoms. The molecule has 0 unspecified atom stereocenters. The number of anilines is 2. The molecule has 0 saturated carbocycles. The van der Waals surface area contributed by atoms with E-state index in [0.717, 1.165) is 64.8 Å². The van der Waals surface area contributed by atoms with Gasteiger partial charge in [0.1, 0.15) is 23.4 Å². The summed E-state index contributed by atoms with van der Waals surface area (Å²) in [5.74, 6) is 2.37. The number of carbonyl (C=O) groups is 4.